The standard InChI is InChI=1S/C15H18ClNO3/c1-3-7-17-11-8-10(12(18)9-16)5-6-14(11)20-13(4-2)15(17)19/h5-6,8,13H,3-4,7,9H2,1-2H3. The molecular formula is C15H18ClNO3. The van der Waals surface area contributed by atoms with E-state index in [-0.39, 0.29) is 17.6 Å². The molecular weight excluding hydrogens is 278 g/mol. The van der Waals surface area contributed by atoms with Crippen molar-refractivity contribution in [3.8, 4) is 5.75 Å². The highest BCUT2D eigenvalue weighted by Crippen LogP contribution is 2.35. The molecule has 2 rings (SSSR count). The third-order valence-electron chi connectivity index (χ3n) is 3.32. The molecule has 20 heavy (non-hydrogen) atoms. The number of nitrogens with zero attached hydrogens (tertiary/aromatic N) is 1. The maximum absolute atomic E-state index is 12.3. The molecule has 0 aromatic heterocycles. The van der Waals surface area contributed by atoms with E-state index >= 15 is 0 Å². The number of carbonyl (C=O) groups excluding carboxylic acids is 2. The summed E-state index contributed by atoms with van der Waals surface area (Å²) in [5.74, 6) is 0.378. The van der Waals surface area contributed by atoms with Crippen molar-refractivity contribution >= 4 is 29.0 Å². The van der Waals surface area contributed by atoms with Crippen LogP contribution < -0.4 is 9.64 Å². The highest BCUT2D eigenvalue weighted by molar-refractivity contribution is 6.30. The number of amides is 1. The summed E-state index contributed by atoms with van der Waals surface area (Å²) in [7, 11) is 0. The van der Waals surface area contributed by atoms with Crippen LogP contribution in [0.5, 0.6) is 5.75 Å². The Morgan fingerprint density at radius 3 is 2.75 bits per heavy atom. The number of ether oxygens (including phenoxy) is 1. The highest BCUT2D eigenvalue weighted by atomic mass is 35.5. The van der Waals surface area contributed by atoms with E-state index in [2.05, 4.69) is 0 Å². The molecule has 0 spiro atoms. The van der Waals surface area contributed by atoms with E-state index in [1.807, 2.05) is 13.8 Å². The van der Waals surface area contributed by atoms with Crippen LogP contribution in [0.3, 0.4) is 0 Å². The molecule has 108 valence electrons. The molecule has 0 saturated carbocycles. The van der Waals surface area contributed by atoms with Crippen LogP contribution in [0.4, 0.5) is 5.69 Å². The molecule has 0 radical (unpaired) electrons. The number of alkyl halides is 1. The van der Waals surface area contributed by atoms with Crippen molar-refractivity contribution < 1.29 is 14.3 Å². The average Bonchev–Trinajstić information content (AvgIpc) is 2.48. The molecule has 1 aromatic carbocycles. The van der Waals surface area contributed by atoms with Crippen LogP contribution in [0.2, 0.25) is 0 Å². The van der Waals surface area contributed by atoms with Gasteiger partial charge in [0.05, 0.1) is 11.6 Å². The van der Waals surface area contributed by atoms with E-state index in [0.29, 0.717) is 30.0 Å². The summed E-state index contributed by atoms with van der Waals surface area (Å²) in [5, 5.41) is 0. The first-order chi connectivity index (χ1) is 9.62. The van der Waals surface area contributed by atoms with Crippen molar-refractivity contribution in [2.24, 2.45) is 0 Å². The molecule has 0 fully saturated rings. The van der Waals surface area contributed by atoms with Crippen molar-refractivity contribution in [1.82, 2.24) is 0 Å². The Hall–Kier alpha value is -1.55. The van der Waals surface area contributed by atoms with Crippen LogP contribution >= 0.6 is 11.6 Å². The highest BCUT2D eigenvalue weighted by Gasteiger charge is 2.33. The first-order valence-corrected chi connectivity index (χ1v) is 7.37. The van der Waals surface area contributed by atoms with Crippen LogP contribution in [0, 0.1) is 0 Å². The van der Waals surface area contributed by atoms with Gasteiger partial charge in [0.25, 0.3) is 5.91 Å². The number of hydrogen-bond donors (Lipinski definition) is 0. The number of benzene rings is 1. The summed E-state index contributed by atoms with van der Waals surface area (Å²) < 4.78 is 5.70. The number of Topliss-reactive ketones (excluding diaryl/α,β-unsaturated/α-hetero) is 1. The van der Waals surface area contributed by atoms with E-state index in [9.17, 15) is 9.59 Å². The normalized spacial score (nSPS) is 17.6. The van der Waals surface area contributed by atoms with E-state index in [4.69, 9.17) is 16.3 Å². The molecule has 1 unspecified atom stereocenters. The largest absolute Gasteiger partial charge is 0.478 e. The van der Waals surface area contributed by atoms with Crippen molar-refractivity contribution in [1.29, 1.82) is 0 Å². The summed E-state index contributed by atoms with van der Waals surface area (Å²) in [4.78, 5) is 25.7. The molecule has 0 saturated heterocycles. The molecule has 0 bridgehead atoms. The fourth-order valence-electron chi connectivity index (χ4n) is 2.29. The maximum Gasteiger partial charge on any atom is 0.268 e. The van der Waals surface area contributed by atoms with Gasteiger partial charge in [-0.05, 0) is 31.0 Å². The summed E-state index contributed by atoms with van der Waals surface area (Å²) in [5.41, 5.74) is 1.17. The summed E-state index contributed by atoms with van der Waals surface area (Å²) in [6.45, 7) is 4.55. The SMILES string of the molecule is CCCN1C(=O)C(CC)Oc2ccc(C(=O)CCl)cc21. The van der Waals surface area contributed by atoms with Gasteiger partial charge in [-0.1, -0.05) is 13.8 Å². The number of carbonyl (C=O) groups is 2. The van der Waals surface area contributed by atoms with Crippen LogP contribution in [-0.2, 0) is 4.79 Å². The third-order valence-corrected chi connectivity index (χ3v) is 3.56. The number of anilines is 1. The van der Waals surface area contributed by atoms with Crippen molar-refractivity contribution in [2.45, 2.75) is 32.8 Å². The molecule has 1 aromatic rings. The zero-order valence-corrected chi connectivity index (χ0v) is 12.4. The molecule has 0 aliphatic carbocycles. The van der Waals surface area contributed by atoms with Crippen molar-refractivity contribution in [3.05, 3.63) is 23.8 Å². The minimum Gasteiger partial charge on any atom is -0.478 e. The van der Waals surface area contributed by atoms with Gasteiger partial charge in [-0.2, -0.15) is 0 Å². The number of ketones is 1. The van der Waals surface area contributed by atoms with Gasteiger partial charge in [0.1, 0.15) is 5.75 Å². The molecule has 1 atom stereocenters. The maximum atomic E-state index is 12.3. The van der Waals surface area contributed by atoms with Gasteiger partial charge in [-0.15, -0.1) is 11.6 Å². The van der Waals surface area contributed by atoms with Crippen LogP contribution in [0.15, 0.2) is 18.2 Å². The monoisotopic (exact) mass is 295 g/mol. The van der Waals surface area contributed by atoms with Crippen LogP contribution in [0.25, 0.3) is 0 Å². The number of fused-ring (bicyclic) bond motifs is 1. The molecule has 4 nitrogen and oxygen atoms in total. The van der Waals surface area contributed by atoms with Gasteiger partial charge >= 0.3 is 0 Å². The molecule has 1 amide bonds. The minimum atomic E-state index is -0.441. The zero-order chi connectivity index (χ0) is 14.7. The molecule has 0 N–H and O–H groups in total. The lowest BCUT2D eigenvalue weighted by atomic mass is 10.1. The lowest BCUT2D eigenvalue weighted by Gasteiger charge is -2.34. The fraction of sp³-hybridized carbons (Fsp3) is 0.467. The predicted octanol–water partition coefficient (Wildman–Crippen LogP) is 3.02. The third kappa shape index (κ3) is 2.66. The summed E-state index contributed by atoms with van der Waals surface area (Å²) >= 11 is 5.58. The van der Waals surface area contributed by atoms with Gasteiger partial charge in [0, 0.05) is 12.1 Å². The zero-order valence-electron chi connectivity index (χ0n) is 11.7. The Morgan fingerprint density at radius 1 is 1.40 bits per heavy atom. The molecule has 1 heterocycles. The van der Waals surface area contributed by atoms with Crippen molar-refractivity contribution in [3.63, 3.8) is 0 Å². The predicted molar refractivity (Wildman–Crippen MR) is 78.8 cm³/mol. The van der Waals surface area contributed by atoms with Gasteiger partial charge < -0.3 is 9.64 Å². The van der Waals surface area contributed by atoms with Crippen LogP contribution in [-0.4, -0.2) is 30.2 Å². The van der Waals surface area contributed by atoms with Crippen molar-refractivity contribution in [2.75, 3.05) is 17.3 Å². The first-order valence-electron chi connectivity index (χ1n) is 6.83. The smallest absolute Gasteiger partial charge is 0.268 e. The number of halogens is 1. The van der Waals surface area contributed by atoms with Gasteiger partial charge in [0.2, 0.25) is 0 Å². The fourth-order valence-corrected chi connectivity index (χ4v) is 2.44. The molecule has 1 aliphatic rings. The van der Waals surface area contributed by atoms with E-state index in [0.717, 1.165) is 6.42 Å². The van der Waals surface area contributed by atoms with E-state index < -0.39 is 6.10 Å². The Morgan fingerprint density at radius 2 is 2.15 bits per heavy atom. The average molecular weight is 296 g/mol. The Kier molecular flexibility index (Phi) is 4.65. The van der Waals surface area contributed by atoms with Gasteiger partial charge in [0.15, 0.2) is 11.9 Å². The second-order valence-corrected chi connectivity index (χ2v) is 5.01. The Labute approximate surface area is 123 Å². The summed E-state index contributed by atoms with van der Waals surface area (Å²) in [6, 6.07) is 5.13. The second kappa shape index (κ2) is 6.27. The summed E-state index contributed by atoms with van der Waals surface area (Å²) in [6.07, 6.45) is 1.03. The first kappa shape index (κ1) is 14.9. The van der Waals surface area contributed by atoms with E-state index in [1.165, 1.54) is 0 Å². The molecule has 5 heteroatoms. The molecule has 1 aliphatic heterocycles. The minimum absolute atomic E-state index is 0.0441. The quantitative estimate of drug-likeness (QED) is 0.619. The van der Waals surface area contributed by atoms with E-state index in [1.54, 1.807) is 23.1 Å². The number of rotatable bonds is 5. The van der Waals surface area contributed by atoms with Crippen LogP contribution in [0.1, 0.15) is 37.0 Å². The van der Waals surface area contributed by atoms with Gasteiger partial charge in [-0.25, -0.2) is 0 Å². The second-order valence-electron chi connectivity index (χ2n) is 4.74. The topological polar surface area (TPSA) is 46.6 Å². The van der Waals surface area contributed by atoms with Gasteiger partial charge in [-0.3, -0.25) is 9.59 Å². The lowest BCUT2D eigenvalue weighted by molar-refractivity contribution is -0.126. The Balaban J connectivity index is 2.44. The number of hydrogen-bond acceptors (Lipinski definition) is 3. The Bertz CT molecular complexity index is 530. The lowest BCUT2D eigenvalue weighted by Crippen LogP contribution is -2.46.